The van der Waals surface area contributed by atoms with Crippen molar-refractivity contribution in [1.82, 2.24) is 10.1 Å². The van der Waals surface area contributed by atoms with Crippen LogP contribution >= 0.6 is 0 Å². The number of ether oxygens (including phenoxy) is 1. The molecule has 18 heavy (non-hydrogen) atoms. The normalized spacial score (nSPS) is 31.4. The van der Waals surface area contributed by atoms with Crippen LogP contribution in [0.15, 0.2) is 16.8 Å². The van der Waals surface area contributed by atoms with E-state index in [0.29, 0.717) is 23.7 Å². The van der Waals surface area contributed by atoms with E-state index < -0.39 is 0 Å². The van der Waals surface area contributed by atoms with Crippen LogP contribution in [0.2, 0.25) is 0 Å². The van der Waals surface area contributed by atoms with E-state index in [1.807, 2.05) is 4.90 Å². The molecular weight excluding hydrogens is 232 g/mol. The number of rotatable bonds is 2. The summed E-state index contributed by atoms with van der Waals surface area (Å²) in [6.45, 7) is 1.60. The standard InChI is InChI=1S/C13H18N2O3/c1-17-11-4-2-3-9-7-15(8-10(9)11)13(16)12-5-6-14-18-12/h5-6,9-11H,2-4,7-8H2,1H3/t9-,10+,11-/m1/s1. The molecule has 5 heteroatoms. The molecule has 0 bridgehead atoms. The fraction of sp³-hybridized carbons (Fsp3) is 0.692. The number of aromatic nitrogens is 1. The molecule has 1 saturated heterocycles. The van der Waals surface area contributed by atoms with E-state index in [0.717, 1.165) is 19.5 Å². The second-order valence-electron chi connectivity index (χ2n) is 5.22. The molecule has 1 aliphatic carbocycles. The predicted octanol–water partition coefficient (Wildman–Crippen LogP) is 1.56. The molecule has 0 N–H and O–H groups in total. The summed E-state index contributed by atoms with van der Waals surface area (Å²) in [5.41, 5.74) is 0. The molecule has 0 spiro atoms. The van der Waals surface area contributed by atoms with Crippen LogP contribution in [0, 0.1) is 11.8 Å². The van der Waals surface area contributed by atoms with Crippen LogP contribution in [0.1, 0.15) is 29.8 Å². The van der Waals surface area contributed by atoms with Crippen molar-refractivity contribution in [3.05, 3.63) is 18.0 Å². The van der Waals surface area contributed by atoms with E-state index >= 15 is 0 Å². The largest absolute Gasteiger partial charge is 0.381 e. The molecular formula is C13H18N2O3. The van der Waals surface area contributed by atoms with Crippen molar-refractivity contribution in [2.75, 3.05) is 20.2 Å². The van der Waals surface area contributed by atoms with Gasteiger partial charge in [-0.2, -0.15) is 0 Å². The molecule has 1 saturated carbocycles. The van der Waals surface area contributed by atoms with E-state index in [2.05, 4.69) is 5.16 Å². The Morgan fingerprint density at radius 1 is 1.50 bits per heavy atom. The van der Waals surface area contributed by atoms with Crippen LogP contribution in [-0.4, -0.2) is 42.3 Å². The minimum absolute atomic E-state index is 0.0447. The Hall–Kier alpha value is -1.36. The van der Waals surface area contributed by atoms with Gasteiger partial charge in [0, 0.05) is 32.2 Å². The lowest BCUT2D eigenvalue weighted by atomic mass is 9.79. The van der Waals surface area contributed by atoms with E-state index in [4.69, 9.17) is 9.26 Å². The quantitative estimate of drug-likeness (QED) is 0.799. The van der Waals surface area contributed by atoms with Crippen molar-refractivity contribution in [3.63, 3.8) is 0 Å². The van der Waals surface area contributed by atoms with Gasteiger partial charge in [-0.3, -0.25) is 4.79 Å². The van der Waals surface area contributed by atoms with Gasteiger partial charge in [0.15, 0.2) is 0 Å². The molecule has 1 aliphatic heterocycles. The summed E-state index contributed by atoms with van der Waals surface area (Å²) in [6.07, 6.45) is 5.32. The first-order valence-corrected chi connectivity index (χ1v) is 6.52. The maximum Gasteiger partial charge on any atom is 0.292 e. The summed E-state index contributed by atoms with van der Waals surface area (Å²) in [5, 5.41) is 3.59. The van der Waals surface area contributed by atoms with Crippen LogP contribution in [0.5, 0.6) is 0 Å². The summed E-state index contributed by atoms with van der Waals surface area (Å²) < 4.78 is 10.5. The molecule has 2 heterocycles. The highest BCUT2D eigenvalue weighted by Crippen LogP contribution is 2.38. The first kappa shape index (κ1) is 11.7. The van der Waals surface area contributed by atoms with E-state index in [9.17, 15) is 4.79 Å². The highest BCUT2D eigenvalue weighted by molar-refractivity contribution is 5.91. The Kier molecular flexibility index (Phi) is 3.07. The average molecular weight is 250 g/mol. The molecule has 98 valence electrons. The maximum atomic E-state index is 12.2. The minimum Gasteiger partial charge on any atom is -0.381 e. The van der Waals surface area contributed by atoms with Crippen molar-refractivity contribution in [2.24, 2.45) is 11.8 Å². The van der Waals surface area contributed by atoms with Gasteiger partial charge in [0.1, 0.15) is 0 Å². The van der Waals surface area contributed by atoms with Gasteiger partial charge in [-0.15, -0.1) is 0 Å². The van der Waals surface area contributed by atoms with Crippen molar-refractivity contribution < 1.29 is 14.1 Å². The van der Waals surface area contributed by atoms with Gasteiger partial charge in [-0.25, -0.2) is 0 Å². The molecule has 1 aromatic rings. The molecule has 2 aliphatic rings. The van der Waals surface area contributed by atoms with Gasteiger partial charge in [0.25, 0.3) is 5.91 Å². The fourth-order valence-corrected chi connectivity index (χ4v) is 3.36. The lowest BCUT2D eigenvalue weighted by molar-refractivity contribution is 0.0126. The minimum atomic E-state index is -0.0447. The highest BCUT2D eigenvalue weighted by Gasteiger charge is 2.42. The third-order valence-corrected chi connectivity index (χ3v) is 4.27. The Morgan fingerprint density at radius 3 is 3.11 bits per heavy atom. The van der Waals surface area contributed by atoms with Gasteiger partial charge >= 0.3 is 0 Å². The smallest absolute Gasteiger partial charge is 0.292 e. The number of nitrogens with zero attached hydrogens (tertiary/aromatic N) is 2. The Bertz CT molecular complexity index is 418. The number of amides is 1. The lowest BCUT2D eigenvalue weighted by Gasteiger charge is -2.31. The van der Waals surface area contributed by atoms with Gasteiger partial charge in [-0.1, -0.05) is 11.6 Å². The molecule has 0 radical (unpaired) electrons. The second kappa shape index (κ2) is 4.72. The molecule has 1 aromatic heterocycles. The Labute approximate surface area is 106 Å². The van der Waals surface area contributed by atoms with Gasteiger partial charge in [0.05, 0.1) is 12.3 Å². The van der Waals surface area contributed by atoms with E-state index in [1.54, 1.807) is 13.2 Å². The zero-order valence-electron chi connectivity index (χ0n) is 10.5. The number of likely N-dealkylation sites (tertiary alicyclic amines) is 1. The molecule has 0 unspecified atom stereocenters. The topological polar surface area (TPSA) is 55.6 Å². The molecule has 3 rings (SSSR count). The Balaban J connectivity index is 1.72. The van der Waals surface area contributed by atoms with Crippen LogP contribution in [0.3, 0.4) is 0 Å². The molecule has 0 aromatic carbocycles. The first-order valence-electron chi connectivity index (χ1n) is 6.52. The summed E-state index contributed by atoms with van der Waals surface area (Å²) in [5.74, 6) is 1.35. The van der Waals surface area contributed by atoms with Crippen molar-refractivity contribution in [3.8, 4) is 0 Å². The maximum absolute atomic E-state index is 12.2. The highest BCUT2D eigenvalue weighted by atomic mass is 16.5. The third kappa shape index (κ3) is 1.92. The SMILES string of the molecule is CO[C@@H]1CCC[C@@H]2CN(C(=O)c3ccno3)C[C@@H]21. The van der Waals surface area contributed by atoms with Crippen molar-refractivity contribution >= 4 is 5.91 Å². The third-order valence-electron chi connectivity index (χ3n) is 4.27. The lowest BCUT2D eigenvalue weighted by Crippen LogP contribution is -2.33. The van der Waals surface area contributed by atoms with Crippen LogP contribution < -0.4 is 0 Å². The van der Waals surface area contributed by atoms with Gasteiger partial charge in [0.2, 0.25) is 5.76 Å². The van der Waals surface area contributed by atoms with Crippen molar-refractivity contribution in [1.29, 1.82) is 0 Å². The van der Waals surface area contributed by atoms with Crippen LogP contribution in [-0.2, 0) is 4.74 Å². The van der Waals surface area contributed by atoms with Crippen LogP contribution in [0.25, 0.3) is 0 Å². The average Bonchev–Trinajstić information content (AvgIpc) is 3.05. The van der Waals surface area contributed by atoms with Crippen LogP contribution in [0.4, 0.5) is 0 Å². The zero-order chi connectivity index (χ0) is 12.5. The summed E-state index contributed by atoms with van der Waals surface area (Å²) in [6, 6.07) is 1.62. The summed E-state index contributed by atoms with van der Waals surface area (Å²) in [7, 11) is 1.77. The van der Waals surface area contributed by atoms with Gasteiger partial charge < -0.3 is 14.2 Å². The monoisotopic (exact) mass is 250 g/mol. The number of fused-ring (bicyclic) bond motifs is 1. The van der Waals surface area contributed by atoms with E-state index in [1.165, 1.54) is 19.0 Å². The van der Waals surface area contributed by atoms with Crippen molar-refractivity contribution in [2.45, 2.75) is 25.4 Å². The summed E-state index contributed by atoms with van der Waals surface area (Å²) in [4.78, 5) is 14.1. The first-order chi connectivity index (χ1) is 8.79. The number of carbonyl (C=O) groups excluding carboxylic acids is 1. The van der Waals surface area contributed by atoms with E-state index in [-0.39, 0.29) is 5.91 Å². The molecule has 5 nitrogen and oxygen atoms in total. The summed E-state index contributed by atoms with van der Waals surface area (Å²) >= 11 is 0. The number of hydrogen-bond donors (Lipinski definition) is 0. The molecule has 1 amide bonds. The number of methoxy groups -OCH3 is 1. The second-order valence-corrected chi connectivity index (χ2v) is 5.22. The molecule has 2 fully saturated rings. The molecule has 3 atom stereocenters. The number of carbonyl (C=O) groups is 1. The predicted molar refractivity (Wildman–Crippen MR) is 64.0 cm³/mol. The Morgan fingerprint density at radius 2 is 2.39 bits per heavy atom. The number of hydrogen-bond acceptors (Lipinski definition) is 4. The van der Waals surface area contributed by atoms with Gasteiger partial charge in [-0.05, 0) is 18.8 Å². The fourth-order valence-electron chi connectivity index (χ4n) is 3.36. The zero-order valence-corrected chi connectivity index (χ0v) is 10.5.